The Balaban J connectivity index is 2.16. The van der Waals surface area contributed by atoms with Crippen LogP contribution in [0.5, 0.6) is 0 Å². The Morgan fingerprint density at radius 2 is 2.21 bits per heavy atom. The number of fused-ring (bicyclic) bond motifs is 1. The molecule has 78 valence electrons. The molecule has 0 aromatic carbocycles. The van der Waals surface area contributed by atoms with Crippen molar-refractivity contribution in [1.29, 1.82) is 0 Å². The highest BCUT2D eigenvalue weighted by molar-refractivity contribution is 5.86. The zero-order chi connectivity index (χ0) is 10.1. The van der Waals surface area contributed by atoms with E-state index < -0.39 is 0 Å². The second kappa shape index (κ2) is 3.59. The molecule has 0 spiro atoms. The van der Waals surface area contributed by atoms with E-state index >= 15 is 0 Å². The molecule has 2 fully saturated rings. The lowest BCUT2D eigenvalue weighted by atomic mass is 9.97. The Morgan fingerprint density at radius 1 is 1.43 bits per heavy atom. The molecule has 0 N–H and O–H groups in total. The second-order valence-electron chi connectivity index (χ2n) is 3.96. The van der Waals surface area contributed by atoms with Crippen molar-refractivity contribution in [2.45, 2.75) is 44.2 Å². The molecule has 2 rings (SSSR count). The van der Waals surface area contributed by atoms with Gasteiger partial charge in [-0.05, 0) is 25.7 Å². The van der Waals surface area contributed by atoms with Crippen LogP contribution >= 0.6 is 0 Å². The Morgan fingerprint density at radius 3 is 2.93 bits per heavy atom. The Hall–Kier alpha value is -1.06. The van der Waals surface area contributed by atoms with Crippen LogP contribution in [0.3, 0.4) is 0 Å². The first-order valence-electron chi connectivity index (χ1n) is 5.13. The summed E-state index contributed by atoms with van der Waals surface area (Å²) in [6.45, 7) is 0. The van der Waals surface area contributed by atoms with Crippen molar-refractivity contribution in [2.75, 3.05) is 7.11 Å². The van der Waals surface area contributed by atoms with E-state index in [-0.39, 0.29) is 17.9 Å². The number of hydrogen-bond acceptors (Lipinski definition) is 3. The molecule has 0 saturated carbocycles. The van der Waals surface area contributed by atoms with E-state index in [0.29, 0.717) is 12.5 Å². The smallest absolute Gasteiger partial charge is 0.328 e. The second-order valence-corrected chi connectivity index (χ2v) is 3.96. The van der Waals surface area contributed by atoms with E-state index in [4.69, 9.17) is 4.74 Å². The fourth-order valence-corrected chi connectivity index (χ4v) is 2.53. The SMILES string of the molecule is COC(=O)[C@H]1CCC[C@@H]2CCC(=O)N21. The van der Waals surface area contributed by atoms with Crippen molar-refractivity contribution < 1.29 is 14.3 Å². The number of methoxy groups -OCH3 is 1. The highest BCUT2D eigenvalue weighted by Gasteiger charge is 2.42. The molecule has 0 aromatic rings. The number of piperidine rings is 1. The zero-order valence-corrected chi connectivity index (χ0v) is 8.36. The largest absolute Gasteiger partial charge is 0.467 e. The first-order valence-corrected chi connectivity index (χ1v) is 5.13. The number of carbonyl (C=O) groups is 2. The molecule has 2 aliphatic heterocycles. The summed E-state index contributed by atoms with van der Waals surface area (Å²) in [5.41, 5.74) is 0. The van der Waals surface area contributed by atoms with Crippen LogP contribution in [-0.2, 0) is 14.3 Å². The Kier molecular flexibility index (Phi) is 2.44. The molecule has 0 bridgehead atoms. The predicted octanol–water partition coefficient (Wildman–Crippen LogP) is 0.703. The summed E-state index contributed by atoms with van der Waals surface area (Å²) in [5.74, 6) is -0.143. The van der Waals surface area contributed by atoms with Gasteiger partial charge in [0.1, 0.15) is 6.04 Å². The maximum atomic E-state index is 11.6. The molecule has 0 aromatic heterocycles. The Bertz CT molecular complexity index is 264. The minimum atomic E-state index is -0.311. The fourth-order valence-electron chi connectivity index (χ4n) is 2.53. The summed E-state index contributed by atoms with van der Waals surface area (Å²) in [6, 6.07) is -0.0194. The molecular weight excluding hydrogens is 182 g/mol. The van der Waals surface area contributed by atoms with Crippen molar-refractivity contribution in [1.82, 2.24) is 4.90 Å². The maximum absolute atomic E-state index is 11.6. The number of ether oxygens (including phenoxy) is 1. The molecule has 1 amide bonds. The standard InChI is InChI=1S/C10H15NO3/c1-14-10(13)8-4-2-3-7-5-6-9(12)11(7)8/h7-8H,2-6H2,1H3/t7-,8-/m1/s1. The van der Waals surface area contributed by atoms with Gasteiger partial charge in [-0.15, -0.1) is 0 Å². The van der Waals surface area contributed by atoms with Gasteiger partial charge in [0.05, 0.1) is 7.11 Å². The topological polar surface area (TPSA) is 46.6 Å². The molecule has 0 unspecified atom stereocenters. The van der Waals surface area contributed by atoms with Crippen LogP contribution in [0.2, 0.25) is 0 Å². The average molecular weight is 197 g/mol. The predicted molar refractivity (Wildman–Crippen MR) is 49.5 cm³/mol. The first kappa shape index (κ1) is 9.49. The lowest BCUT2D eigenvalue weighted by Crippen LogP contribution is -2.49. The lowest BCUT2D eigenvalue weighted by molar-refractivity contribution is -0.154. The van der Waals surface area contributed by atoms with Crippen LogP contribution in [0.15, 0.2) is 0 Å². The third kappa shape index (κ3) is 1.38. The van der Waals surface area contributed by atoms with Crippen LogP contribution in [-0.4, -0.2) is 36.0 Å². The quantitative estimate of drug-likeness (QED) is 0.581. The van der Waals surface area contributed by atoms with Crippen molar-refractivity contribution in [2.24, 2.45) is 0 Å². The van der Waals surface area contributed by atoms with Crippen LogP contribution in [0.1, 0.15) is 32.1 Å². The van der Waals surface area contributed by atoms with E-state index in [1.807, 2.05) is 0 Å². The molecule has 14 heavy (non-hydrogen) atoms. The van der Waals surface area contributed by atoms with Gasteiger partial charge >= 0.3 is 5.97 Å². The number of amides is 1. The molecule has 4 nitrogen and oxygen atoms in total. The van der Waals surface area contributed by atoms with E-state index in [1.54, 1.807) is 4.90 Å². The normalized spacial score (nSPS) is 31.5. The van der Waals surface area contributed by atoms with E-state index in [0.717, 1.165) is 25.7 Å². The van der Waals surface area contributed by atoms with Gasteiger partial charge in [0.15, 0.2) is 0 Å². The minimum Gasteiger partial charge on any atom is -0.467 e. The van der Waals surface area contributed by atoms with Gasteiger partial charge < -0.3 is 9.64 Å². The number of esters is 1. The number of hydrogen-bond donors (Lipinski definition) is 0. The number of nitrogens with zero attached hydrogens (tertiary/aromatic N) is 1. The molecule has 0 radical (unpaired) electrons. The average Bonchev–Trinajstić information content (AvgIpc) is 2.59. The van der Waals surface area contributed by atoms with E-state index in [1.165, 1.54) is 7.11 Å². The summed E-state index contributed by atoms with van der Waals surface area (Å²) in [4.78, 5) is 24.7. The van der Waals surface area contributed by atoms with Crippen LogP contribution < -0.4 is 0 Å². The summed E-state index contributed by atoms with van der Waals surface area (Å²) < 4.78 is 4.71. The molecule has 0 aliphatic carbocycles. The molecule has 2 heterocycles. The fraction of sp³-hybridized carbons (Fsp3) is 0.800. The van der Waals surface area contributed by atoms with Crippen molar-refractivity contribution in [3.05, 3.63) is 0 Å². The third-order valence-corrected chi connectivity index (χ3v) is 3.20. The lowest BCUT2D eigenvalue weighted by Gasteiger charge is -2.35. The molecule has 2 aliphatic rings. The Labute approximate surface area is 83.2 Å². The van der Waals surface area contributed by atoms with Gasteiger partial charge in [0.25, 0.3) is 0 Å². The van der Waals surface area contributed by atoms with Gasteiger partial charge in [0, 0.05) is 12.5 Å². The van der Waals surface area contributed by atoms with E-state index in [9.17, 15) is 9.59 Å². The molecule has 4 heteroatoms. The third-order valence-electron chi connectivity index (χ3n) is 3.20. The van der Waals surface area contributed by atoms with Crippen molar-refractivity contribution in [3.63, 3.8) is 0 Å². The van der Waals surface area contributed by atoms with Crippen LogP contribution in [0.4, 0.5) is 0 Å². The highest BCUT2D eigenvalue weighted by Crippen LogP contribution is 2.32. The monoisotopic (exact) mass is 197 g/mol. The molecule has 2 atom stereocenters. The van der Waals surface area contributed by atoms with Gasteiger partial charge in [-0.2, -0.15) is 0 Å². The van der Waals surface area contributed by atoms with Gasteiger partial charge in [0.2, 0.25) is 5.91 Å². The van der Waals surface area contributed by atoms with Gasteiger partial charge in [-0.3, -0.25) is 4.79 Å². The van der Waals surface area contributed by atoms with Gasteiger partial charge in [-0.25, -0.2) is 4.79 Å². The van der Waals surface area contributed by atoms with Crippen LogP contribution in [0.25, 0.3) is 0 Å². The van der Waals surface area contributed by atoms with Gasteiger partial charge in [-0.1, -0.05) is 0 Å². The summed E-state index contributed by atoms with van der Waals surface area (Å²) in [5, 5.41) is 0. The zero-order valence-electron chi connectivity index (χ0n) is 8.36. The summed E-state index contributed by atoms with van der Waals surface area (Å²) in [7, 11) is 1.38. The van der Waals surface area contributed by atoms with Crippen LogP contribution in [0, 0.1) is 0 Å². The number of rotatable bonds is 1. The summed E-state index contributed by atoms with van der Waals surface area (Å²) in [6.07, 6.45) is 4.33. The molecular formula is C10H15NO3. The van der Waals surface area contributed by atoms with Crippen molar-refractivity contribution in [3.8, 4) is 0 Å². The highest BCUT2D eigenvalue weighted by atomic mass is 16.5. The maximum Gasteiger partial charge on any atom is 0.328 e. The van der Waals surface area contributed by atoms with Crippen molar-refractivity contribution >= 4 is 11.9 Å². The summed E-state index contributed by atoms with van der Waals surface area (Å²) >= 11 is 0. The first-order chi connectivity index (χ1) is 6.74. The number of carbonyl (C=O) groups excluding carboxylic acids is 2. The van der Waals surface area contributed by atoms with E-state index in [2.05, 4.69) is 0 Å². The minimum absolute atomic E-state index is 0.116. The molecule has 2 saturated heterocycles.